The summed E-state index contributed by atoms with van der Waals surface area (Å²) in [4.78, 5) is 25.0. The van der Waals surface area contributed by atoms with Gasteiger partial charge in [0.15, 0.2) is 0 Å². The Balaban J connectivity index is 2.08. The number of alkyl halides is 3. The van der Waals surface area contributed by atoms with E-state index in [4.69, 9.17) is 0 Å². The van der Waals surface area contributed by atoms with Gasteiger partial charge in [-0.3, -0.25) is 9.59 Å². The van der Waals surface area contributed by atoms with E-state index in [9.17, 15) is 27.2 Å². The van der Waals surface area contributed by atoms with Crippen molar-refractivity contribution < 1.29 is 27.2 Å². The molecule has 0 fully saturated rings. The zero-order valence-corrected chi connectivity index (χ0v) is 13.1. The number of benzene rings is 2. The summed E-state index contributed by atoms with van der Waals surface area (Å²) in [6.07, 6.45) is -4.68. The standard InChI is InChI=1S/C17H14F4N2O2/c1-23(10-15(24)22-12-8-6-11(18)7-9-12)16(25)13-4-2-3-5-14(13)17(19,20)21/h2-9H,10H2,1H3,(H,22,24). The normalized spacial score (nSPS) is 11.1. The Morgan fingerprint density at radius 2 is 1.64 bits per heavy atom. The minimum atomic E-state index is -4.68. The van der Waals surface area contributed by atoms with Gasteiger partial charge in [0, 0.05) is 12.7 Å². The van der Waals surface area contributed by atoms with Crippen LogP contribution in [-0.4, -0.2) is 30.3 Å². The number of amides is 2. The van der Waals surface area contributed by atoms with Crippen LogP contribution in [-0.2, 0) is 11.0 Å². The van der Waals surface area contributed by atoms with E-state index < -0.39 is 41.5 Å². The fraction of sp³-hybridized carbons (Fsp3) is 0.176. The molecule has 0 radical (unpaired) electrons. The van der Waals surface area contributed by atoms with Gasteiger partial charge in [-0.15, -0.1) is 0 Å². The lowest BCUT2D eigenvalue weighted by atomic mass is 10.1. The first-order valence-electron chi connectivity index (χ1n) is 7.15. The second-order valence-electron chi connectivity index (χ2n) is 5.26. The van der Waals surface area contributed by atoms with Crippen LogP contribution in [0.3, 0.4) is 0 Å². The van der Waals surface area contributed by atoms with E-state index in [0.717, 1.165) is 29.2 Å². The Morgan fingerprint density at radius 3 is 2.24 bits per heavy atom. The van der Waals surface area contributed by atoms with Crippen molar-refractivity contribution >= 4 is 17.5 Å². The zero-order valence-electron chi connectivity index (χ0n) is 13.1. The van der Waals surface area contributed by atoms with Gasteiger partial charge in [0.25, 0.3) is 5.91 Å². The van der Waals surface area contributed by atoms with E-state index in [0.29, 0.717) is 5.69 Å². The van der Waals surface area contributed by atoms with Crippen LogP contribution >= 0.6 is 0 Å². The van der Waals surface area contributed by atoms with Crippen molar-refractivity contribution in [2.24, 2.45) is 0 Å². The molecule has 0 atom stereocenters. The second-order valence-corrected chi connectivity index (χ2v) is 5.26. The number of rotatable bonds is 4. The van der Waals surface area contributed by atoms with E-state index in [2.05, 4.69) is 5.32 Å². The summed E-state index contributed by atoms with van der Waals surface area (Å²) in [6.45, 7) is -0.456. The van der Waals surface area contributed by atoms with Gasteiger partial charge in [-0.1, -0.05) is 12.1 Å². The molecule has 0 aliphatic carbocycles. The molecule has 2 aromatic carbocycles. The van der Waals surface area contributed by atoms with Crippen molar-refractivity contribution in [1.29, 1.82) is 0 Å². The molecule has 8 heteroatoms. The minimum absolute atomic E-state index is 0.308. The average molecular weight is 354 g/mol. The highest BCUT2D eigenvalue weighted by Gasteiger charge is 2.35. The van der Waals surface area contributed by atoms with Crippen LogP contribution in [0.15, 0.2) is 48.5 Å². The molecule has 0 heterocycles. The van der Waals surface area contributed by atoms with Crippen molar-refractivity contribution in [3.8, 4) is 0 Å². The molecule has 0 saturated carbocycles. The SMILES string of the molecule is CN(CC(=O)Nc1ccc(F)cc1)C(=O)c1ccccc1C(F)(F)F. The largest absolute Gasteiger partial charge is 0.417 e. The van der Waals surface area contributed by atoms with Gasteiger partial charge in [0.05, 0.1) is 17.7 Å². The van der Waals surface area contributed by atoms with E-state index in [-0.39, 0.29) is 0 Å². The van der Waals surface area contributed by atoms with Crippen LogP contribution in [0.1, 0.15) is 15.9 Å². The fourth-order valence-electron chi connectivity index (χ4n) is 2.14. The lowest BCUT2D eigenvalue weighted by molar-refractivity contribution is -0.138. The lowest BCUT2D eigenvalue weighted by Gasteiger charge is -2.19. The summed E-state index contributed by atoms with van der Waals surface area (Å²) >= 11 is 0. The number of hydrogen-bond donors (Lipinski definition) is 1. The molecule has 0 aliphatic heterocycles. The van der Waals surface area contributed by atoms with Gasteiger partial charge in [0.1, 0.15) is 5.82 Å². The van der Waals surface area contributed by atoms with Crippen LogP contribution in [0.4, 0.5) is 23.2 Å². The summed E-state index contributed by atoms with van der Waals surface area (Å²) in [5.41, 5.74) is -1.29. The van der Waals surface area contributed by atoms with Crippen LogP contribution in [0.5, 0.6) is 0 Å². The van der Waals surface area contributed by atoms with Crippen molar-refractivity contribution in [2.75, 3.05) is 18.9 Å². The van der Waals surface area contributed by atoms with Crippen molar-refractivity contribution in [2.45, 2.75) is 6.18 Å². The quantitative estimate of drug-likeness (QED) is 0.854. The third-order valence-electron chi connectivity index (χ3n) is 3.32. The first kappa shape index (κ1) is 18.4. The Bertz CT molecular complexity index is 773. The number of hydrogen-bond acceptors (Lipinski definition) is 2. The van der Waals surface area contributed by atoms with Gasteiger partial charge in [0.2, 0.25) is 5.91 Å². The first-order chi connectivity index (χ1) is 11.7. The Morgan fingerprint density at radius 1 is 1.04 bits per heavy atom. The van der Waals surface area contributed by atoms with Gasteiger partial charge in [-0.2, -0.15) is 13.2 Å². The number of nitrogens with one attached hydrogen (secondary N) is 1. The molecule has 4 nitrogen and oxygen atoms in total. The Labute approximate surface area is 141 Å². The highest BCUT2D eigenvalue weighted by atomic mass is 19.4. The predicted octanol–water partition coefficient (Wildman–Crippen LogP) is 3.56. The van der Waals surface area contributed by atoms with Crippen LogP contribution in [0.2, 0.25) is 0 Å². The van der Waals surface area contributed by atoms with Crippen molar-refractivity contribution in [3.63, 3.8) is 0 Å². The van der Waals surface area contributed by atoms with Crippen LogP contribution < -0.4 is 5.32 Å². The molecule has 25 heavy (non-hydrogen) atoms. The molecule has 0 aliphatic rings. The van der Waals surface area contributed by atoms with E-state index in [1.165, 1.54) is 31.3 Å². The maximum atomic E-state index is 13.0. The summed E-state index contributed by atoms with van der Waals surface area (Å²) in [7, 11) is 1.22. The maximum absolute atomic E-state index is 13.0. The summed E-state index contributed by atoms with van der Waals surface area (Å²) < 4.78 is 51.7. The molecule has 0 bridgehead atoms. The molecule has 0 unspecified atom stereocenters. The molecule has 2 amide bonds. The van der Waals surface area contributed by atoms with Crippen LogP contribution in [0.25, 0.3) is 0 Å². The minimum Gasteiger partial charge on any atom is -0.332 e. The summed E-state index contributed by atoms with van der Waals surface area (Å²) in [6, 6.07) is 9.30. The highest BCUT2D eigenvalue weighted by Crippen LogP contribution is 2.32. The predicted molar refractivity (Wildman–Crippen MR) is 83.4 cm³/mol. The van der Waals surface area contributed by atoms with Crippen molar-refractivity contribution in [3.05, 3.63) is 65.5 Å². The monoisotopic (exact) mass is 354 g/mol. The topological polar surface area (TPSA) is 49.4 Å². The molecule has 2 aromatic rings. The van der Waals surface area contributed by atoms with Gasteiger partial charge in [-0.05, 0) is 36.4 Å². The number of carbonyl (C=O) groups is 2. The molecule has 2 rings (SSSR count). The molecular formula is C17H14F4N2O2. The summed E-state index contributed by atoms with van der Waals surface area (Å²) in [5.74, 6) is -2.02. The number of anilines is 1. The zero-order chi connectivity index (χ0) is 18.6. The fourth-order valence-corrected chi connectivity index (χ4v) is 2.14. The van der Waals surface area contributed by atoms with Crippen LogP contribution in [0, 0.1) is 5.82 Å². The first-order valence-corrected chi connectivity index (χ1v) is 7.15. The third kappa shape index (κ3) is 4.79. The Hall–Kier alpha value is -2.90. The van der Waals surface area contributed by atoms with Crippen molar-refractivity contribution in [1.82, 2.24) is 4.90 Å². The Kier molecular flexibility index (Phi) is 5.41. The molecule has 1 N–H and O–H groups in total. The van der Waals surface area contributed by atoms with Gasteiger partial charge in [-0.25, -0.2) is 4.39 Å². The van der Waals surface area contributed by atoms with E-state index >= 15 is 0 Å². The van der Waals surface area contributed by atoms with E-state index in [1.807, 2.05) is 0 Å². The number of likely N-dealkylation sites (N-methyl/N-ethyl adjacent to an activating group) is 1. The molecule has 0 spiro atoms. The number of carbonyl (C=O) groups excluding carboxylic acids is 2. The molecule has 0 saturated heterocycles. The third-order valence-corrected chi connectivity index (χ3v) is 3.32. The van der Waals surface area contributed by atoms with E-state index in [1.54, 1.807) is 0 Å². The molecule has 132 valence electrons. The number of halogens is 4. The molecule has 0 aromatic heterocycles. The lowest BCUT2D eigenvalue weighted by Crippen LogP contribution is -2.35. The molecular weight excluding hydrogens is 340 g/mol. The van der Waals surface area contributed by atoms with Gasteiger partial charge >= 0.3 is 6.18 Å². The smallest absolute Gasteiger partial charge is 0.332 e. The van der Waals surface area contributed by atoms with Gasteiger partial charge < -0.3 is 10.2 Å². The maximum Gasteiger partial charge on any atom is 0.417 e. The highest BCUT2D eigenvalue weighted by molar-refractivity contribution is 6.00. The summed E-state index contributed by atoms with van der Waals surface area (Å²) in [5, 5.41) is 2.43. The average Bonchev–Trinajstić information content (AvgIpc) is 2.55. The second kappa shape index (κ2) is 7.33. The number of nitrogens with zero attached hydrogens (tertiary/aromatic N) is 1.